The van der Waals surface area contributed by atoms with Crippen LogP contribution in [0.4, 0.5) is 0 Å². The number of esters is 1. The van der Waals surface area contributed by atoms with E-state index in [4.69, 9.17) is 32.0 Å². The third-order valence-electron chi connectivity index (χ3n) is 2.97. The van der Waals surface area contributed by atoms with E-state index in [0.717, 1.165) is 13.3 Å². The molecule has 12 nitrogen and oxygen atoms in total. The molecule has 0 aliphatic heterocycles. The number of aromatic amines is 1. The molecule has 0 spiro atoms. The summed E-state index contributed by atoms with van der Waals surface area (Å²) in [6, 6.07) is 0. The molecular formula is C12H17Cl2N2O10P. The molecule has 154 valence electrons. The second-order valence-electron chi connectivity index (χ2n) is 4.98. The van der Waals surface area contributed by atoms with Gasteiger partial charge in [0.1, 0.15) is 6.10 Å². The van der Waals surface area contributed by atoms with Crippen molar-refractivity contribution in [3.8, 4) is 5.75 Å². The number of hydrogen-bond donors (Lipinski definition) is 3. The van der Waals surface area contributed by atoms with E-state index in [1.54, 1.807) is 0 Å². The molecule has 0 aromatic carbocycles. The second kappa shape index (κ2) is 10.2. The minimum absolute atomic E-state index is 0.487. The summed E-state index contributed by atoms with van der Waals surface area (Å²) in [4.78, 5) is 36.4. The summed E-state index contributed by atoms with van der Waals surface area (Å²) in [6.07, 6.45) is -7.73. The van der Waals surface area contributed by atoms with Crippen LogP contribution in [0.5, 0.6) is 5.75 Å². The van der Waals surface area contributed by atoms with Gasteiger partial charge in [0.2, 0.25) is 12.2 Å². The van der Waals surface area contributed by atoms with Crippen molar-refractivity contribution in [3.63, 3.8) is 0 Å². The van der Waals surface area contributed by atoms with E-state index < -0.39 is 60.9 Å². The molecule has 0 aliphatic rings. The van der Waals surface area contributed by atoms with Gasteiger partial charge in [-0.15, -0.1) is 0 Å². The molecule has 1 aromatic rings. The number of rotatable bonds is 10. The maximum Gasteiger partial charge on any atom is 0.380 e. The van der Waals surface area contributed by atoms with E-state index in [9.17, 15) is 29.2 Å². The molecule has 15 heteroatoms. The van der Waals surface area contributed by atoms with Crippen molar-refractivity contribution in [2.75, 3.05) is 20.3 Å². The van der Waals surface area contributed by atoms with Gasteiger partial charge in [-0.3, -0.25) is 14.3 Å². The zero-order valence-electron chi connectivity index (χ0n) is 14.0. The number of carbonyl (C=O) groups is 1. The first-order chi connectivity index (χ1) is 12.4. The number of methoxy groups -OCH3 is 1. The average molecular weight is 451 g/mol. The van der Waals surface area contributed by atoms with E-state index >= 15 is 0 Å². The van der Waals surface area contributed by atoms with Gasteiger partial charge in [-0.2, -0.15) is 0 Å². The maximum atomic E-state index is 11.8. The molecule has 3 atom stereocenters. The van der Waals surface area contributed by atoms with Crippen molar-refractivity contribution in [1.82, 2.24) is 9.55 Å². The lowest BCUT2D eigenvalue weighted by Crippen LogP contribution is -2.38. The fraction of sp³-hybridized carbons (Fsp3) is 0.583. The molecule has 0 radical (unpaired) electrons. The zero-order chi connectivity index (χ0) is 20.8. The Hall–Kier alpha value is -1.40. The van der Waals surface area contributed by atoms with E-state index in [1.165, 1.54) is 6.92 Å². The largest absolute Gasteiger partial charge is 0.475 e. The van der Waals surface area contributed by atoms with Crippen LogP contribution < -0.4 is 16.0 Å². The Morgan fingerprint density at radius 3 is 2.52 bits per heavy atom. The summed E-state index contributed by atoms with van der Waals surface area (Å²) in [5, 5.41) is 19.7. The Morgan fingerprint density at radius 2 is 2.00 bits per heavy atom. The summed E-state index contributed by atoms with van der Waals surface area (Å²) in [5.41, 5.74) is -2.04. The van der Waals surface area contributed by atoms with Crippen molar-refractivity contribution in [3.05, 3.63) is 27.0 Å². The number of halogens is 2. The number of nitrogens with one attached hydrogen (secondary N) is 1. The van der Waals surface area contributed by atoms with E-state index in [0.29, 0.717) is 4.57 Å². The summed E-state index contributed by atoms with van der Waals surface area (Å²) in [7, 11) is 1.10. The smallest absolute Gasteiger partial charge is 0.380 e. The Morgan fingerprint density at radius 1 is 1.37 bits per heavy atom. The highest BCUT2D eigenvalue weighted by Crippen LogP contribution is 2.57. The number of nitrogens with zero attached hydrogens (tertiary/aromatic N) is 1. The highest BCUT2D eigenvalue weighted by molar-refractivity contribution is 8.05. The normalized spacial score (nSPS) is 15.0. The molecule has 3 N–H and O–H groups in total. The number of aromatic nitrogens is 2. The number of carbonyl (C=O) groups excluding carboxylic acids is 1. The molecule has 0 saturated heterocycles. The summed E-state index contributed by atoms with van der Waals surface area (Å²) in [5.74, 6) is -1.28. The highest BCUT2D eigenvalue weighted by Gasteiger charge is 2.26. The number of H-pyrrole nitrogens is 1. The first-order valence-electron chi connectivity index (χ1n) is 7.15. The Bertz CT molecular complexity index is 804. The summed E-state index contributed by atoms with van der Waals surface area (Å²) >= 11 is 10.4. The number of aliphatic hydroxyl groups is 2. The molecule has 0 aliphatic carbocycles. The van der Waals surface area contributed by atoms with Crippen molar-refractivity contribution in [1.29, 1.82) is 0 Å². The third-order valence-corrected chi connectivity index (χ3v) is 4.01. The van der Waals surface area contributed by atoms with Gasteiger partial charge in [0.25, 0.3) is 5.56 Å². The van der Waals surface area contributed by atoms with Crippen molar-refractivity contribution in [2.45, 2.75) is 25.5 Å². The highest BCUT2D eigenvalue weighted by atomic mass is 35.9. The average Bonchev–Trinajstić information content (AvgIpc) is 2.56. The Labute approximate surface area is 161 Å². The maximum absolute atomic E-state index is 11.8. The number of hydrogen-bond acceptors (Lipinski definition) is 10. The lowest BCUT2D eigenvalue weighted by atomic mass is 10.2. The molecule has 27 heavy (non-hydrogen) atoms. The van der Waals surface area contributed by atoms with Crippen molar-refractivity contribution < 1.29 is 38.3 Å². The number of aliphatic hydroxyl groups excluding tert-OH is 2. The van der Waals surface area contributed by atoms with Crippen LogP contribution in [0, 0.1) is 0 Å². The minimum atomic E-state index is -3.93. The fourth-order valence-corrected chi connectivity index (χ4v) is 2.26. The van der Waals surface area contributed by atoms with Gasteiger partial charge in [-0.25, -0.2) is 14.2 Å². The van der Waals surface area contributed by atoms with Gasteiger partial charge in [0, 0.05) is 0 Å². The Kier molecular flexibility index (Phi) is 8.95. The van der Waals surface area contributed by atoms with E-state index in [2.05, 4.69) is 9.26 Å². The van der Waals surface area contributed by atoms with Crippen molar-refractivity contribution >= 4 is 34.5 Å². The molecular weight excluding hydrogens is 434 g/mol. The van der Waals surface area contributed by atoms with Crippen LogP contribution in [0.1, 0.15) is 13.3 Å². The second-order valence-corrected chi connectivity index (χ2v) is 9.25. The molecule has 0 amide bonds. The summed E-state index contributed by atoms with van der Waals surface area (Å²) < 4.78 is 30.5. The standard InChI is InChI=1S/C12H17Cl2N2O10P/c1-6(17)8(4-25-27(13,14)22)26-12(21)16-3-7(10(19)15-11(16)20)24-5-9(18)23-2/h3,6,8,12,17,21H,4-5H2,1-2H3,(H,15,19,20)/t6-,8-,12+/m1/s1. The van der Waals surface area contributed by atoms with Crippen LogP contribution in [0.2, 0.25) is 0 Å². The van der Waals surface area contributed by atoms with Crippen LogP contribution in [-0.4, -0.2) is 58.3 Å². The topological polar surface area (TPSA) is 166 Å². The van der Waals surface area contributed by atoms with Crippen molar-refractivity contribution in [2.24, 2.45) is 0 Å². The fourth-order valence-electron chi connectivity index (χ4n) is 1.60. The first kappa shape index (κ1) is 23.6. The third kappa shape index (κ3) is 8.01. The van der Waals surface area contributed by atoms with Gasteiger partial charge in [-0.05, 0) is 29.4 Å². The van der Waals surface area contributed by atoms with Crippen LogP contribution >= 0.6 is 28.6 Å². The molecule has 1 aromatic heterocycles. The summed E-state index contributed by atoms with van der Waals surface area (Å²) in [6.45, 7) is 0.0527. The number of ether oxygens (including phenoxy) is 3. The SMILES string of the molecule is COC(=O)COc1cn([C@@H](O)O[C@H](COP(=O)(Cl)Cl)[C@@H](C)O)c(=O)[nH]c1=O. The first-order valence-corrected chi connectivity index (χ1v) is 10.6. The van der Waals surface area contributed by atoms with E-state index in [1.807, 2.05) is 4.98 Å². The van der Waals surface area contributed by atoms with E-state index in [-0.39, 0.29) is 0 Å². The lowest BCUT2D eigenvalue weighted by molar-refractivity contribution is -0.211. The van der Waals surface area contributed by atoms with Gasteiger partial charge in [-0.1, -0.05) is 0 Å². The van der Waals surface area contributed by atoms with Crippen LogP contribution in [-0.2, 0) is 23.4 Å². The minimum Gasteiger partial charge on any atom is -0.475 e. The molecule has 0 unspecified atom stereocenters. The van der Waals surface area contributed by atoms with Crippen LogP contribution in [0.15, 0.2) is 15.8 Å². The Balaban J connectivity index is 2.98. The molecule has 1 heterocycles. The van der Waals surface area contributed by atoms with Gasteiger partial charge in [0.15, 0.2) is 6.61 Å². The van der Waals surface area contributed by atoms with Gasteiger partial charge >= 0.3 is 17.7 Å². The monoisotopic (exact) mass is 450 g/mol. The zero-order valence-corrected chi connectivity index (χ0v) is 16.4. The lowest BCUT2D eigenvalue weighted by Gasteiger charge is -2.24. The van der Waals surface area contributed by atoms with Gasteiger partial charge < -0.3 is 28.9 Å². The van der Waals surface area contributed by atoms with Crippen LogP contribution in [0.25, 0.3) is 0 Å². The molecule has 0 fully saturated rings. The molecule has 0 bridgehead atoms. The molecule has 1 rings (SSSR count). The van der Waals surface area contributed by atoms with Crippen LogP contribution in [0.3, 0.4) is 0 Å². The quantitative estimate of drug-likeness (QED) is 0.248. The predicted molar refractivity (Wildman–Crippen MR) is 91.9 cm³/mol. The molecule has 0 saturated carbocycles. The van der Waals surface area contributed by atoms with Gasteiger partial charge in [0.05, 0.1) is 26.0 Å². The predicted octanol–water partition coefficient (Wildman–Crippen LogP) is -0.0949.